The molecule has 0 spiro atoms. The van der Waals surface area contributed by atoms with Crippen molar-refractivity contribution in [1.29, 1.82) is 5.26 Å². The van der Waals surface area contributed by atoms with E-state index in [0.717, 1.165) is 5.56 Å². The zero-order chi connectivity index (χ0) is 21.7. The third-order valence-corrected chi connectivity index (χ3v) is 4.23. The number of alkyl halides is 6. The number of likely N-dealkylation sites (N-methyl/N-ethyl adjacent to an activating group) is 1. The van der Waals surface area contributed by atoms with Gasteiger partial charge in [0.1, 0.15) is 0 Å². The molecule has 0 unspecified atom stereocenters. The van der Waals surface area contributed by atoms with Crippen LogP contribution in [0.2, 0.25) is 0 Å². The second-order valence-electron chi connectivity index (χ2n) is 6.43. The van der Waals surface area contributed by atoms with E-state index in [1.807, 2.05) is 6.07 Å². The van der Waals surface area contributed by atoms with Crippen molar-refractivity contribution in [2.24, 2.45) is 0 Å². The molecule has 2 aromatic rings. The van der Waals surface area contributed by atoms with Crippen LogP contribution in [-0.4, -0.2) is 25.1 Å². The molecule has 2 aromatic carbocycles. The van der Waals surface area contributed by atoms with E-state index in [-0.39, 0.29) is 30.8 Å². The zero-order valence-electron chi connectivity index (χ0n) is 15.4. The molecule has 9 heteroatoms. The lowest BCUT2D eigenvalue weighted by atomic mass is 10.0. The van der Waals surface area contributed by atoms with Gasteiger partial charge in [-0.25, -0.2) is 0 Å². The van der Waals surface area contributed by atoms with Crippen molar-refractivity contribution in [3.63, 3.8) is 0 Å². The number of hydrogen-bond donors (Lipinski definition) is 0. The molecule has 0 saturated heterocycles. The molecule has 0 amide bonds. The maximum atomic E-state index is 13.0. The van der Waals surface area contributed by atoms with Crippen molar-refractivity contribution in [2.75, 3.05) is 20.2 Å². The van der Waals surface area contributed by atoms with Crippen LogP contribution >= 0.6 is 0 Å². The fraction of sp³-hybridized carbons (Fsp3) is 0.350. The van der Waals surface area contributed by atoms with Gasteiger partial charge in [0.2, 0.25) is 0 Å². The predicted molar refractivity (Wildman–Crippen MR) is 93.5 cm³/mol. The highest BCUT2D eigenvalue weighted by Gasteiger charge is 2.36. The monoisotopic (exact) mass is 416 g/mol. The summed E-state index contributed by atoms with van der Waals surface area (Å²) in [5, 5.41) is 8.90. The van der Waals surface area contributed by atoms with E-state index in [0.29, 0.717) is 12.1 Å². The molecule has 0 bridgehead atoms. The smallest absolute Gasteiger partial charge is 0.375 e. The minimum Gasteiger partial charge on any atom is -0.375 e. The van der Waals surface area contributed by atoms with Crippen LogP contribution in [-0.2, 0) is 23.7 Å². The van der Waals surface area contributed by atoms with Crippen LogP contribution in [0.3, 0.4) is 0 Å². The molecule has 0 heterocycles. The van der Waals surface area contributed by atoms with Gasteiger partial charge < -0.3 is 4.74 Å². The lowest BCUT2D eigenvalue weighted by molar-refractivity contribution is -0.143. The standard InChI is InChI=1S/C20H18F6N2O/c1-28(8-7-27)18(15-5-3-2-4-6-15)13-29-12-14-9-16(19(21,22)23)11-17(10-14)20(24,25)26/h2-6,9-11,18H,8,12-13H2,1H3/t18-/m0/s1. The predicted octanol–water partition coefficient (Wildman–Crippen LogP) is 5.44. The van der Waals surface area contributed by atoms with Crippen LogP contribution in [0.5, 0.6) is 0 Å². The van der Waals surface area contributed by atoms with Gasteiger partial charge in [-0.2, -0.15) is 31.6 Å². The van der Waals surface area contributed by atoms with Gasteiger partial charge in [-0.05, 0) is 36.4 Å². The molecule has 0 N–H and O–H groups in total. The number of nitrogens with zero attached hydrogens (tertiary/aromatic N) is 2. The van der Waals surface area contributed by atoms with E-state index < -0.39 is 30.1 Å². The average molecular weight is 416 g/mol. The van der Waals surface area contributed by atoms with Crippen molar-refractivity contribution in [1.82, 2.24) is 4.90 Å². The summed E-state index contributed by atoms with van der Waals surface area (Å²) in [6.07, 6.45) is -9.81. The van der Waals surface area contributed by atoms with Crippen molar-refractivity contribution in [2.45, 2.75) is 25.0 Å². The van der Waals surface area contributed by atoms with E-state index in [4.69, 9.17) is 10.00 Å². The zero-order valence-corrected chi connectivity index (χ0v) is 15.4. The molecule has 156 valence electrons. The highest BCUT2D eigenvalue weighted by molar-refractivity contribution is 5.33. The first-order valence-corrected chi connectivity index (χ1v) is 8.50. The van der Waals surface area contributed by atoms with Crippen LogP contribution in [0.15, 0.2) is 48.5 Å². The molecule has 0 aliphatic carbocycles. The maximum absolute atomic E-state index is 13.0. The first-order chi connectivity index (χ1) is 13.5. The van der Waals surface area contributed by atoms with Gasteiger partial charge in [0.05, 0.1) is 43.0 Å². The Morgan fingerprint density at radius 2 is 1.52 bits per heavy atom. The van der Waals surface area contributed by atoms with Gasteiger partial charge in [-0.1, -0.05) is 30.3 Å². The fourth-order valence-electron chi connectivity index (χ4n) is 2.77. The van der Waals surface area contributed by atoms with Crippen LogP contribution in [0.4, 0.5) is 26.3 Å². The Labute approximate surface area is 164 Å². The number of rotatable bonds is 7. The van der Waals surface area contributed by atoms with Crippen LogP contribution in [0, 0.1) is 11.3 Å². The van der Waals surface area contributed by atoms with E-state index in [2.05, 4.69) is 0 Å². The Hall–Kier alpha value is -2.57. The summed E-state index contributed by atoms with van der Waals surface area (Å²) >= 11 is 0. The molecule has 0 aliphatic heterocycles. The van der Waals surface area contributed by atoms with Crippen LogP contribution in [0.25, 0.3) is 0 Å². The van der Waals surface area contributed by atoms with E-state index in [1.165, 1.54) is 0 Å². The normalized spacial score (nSPS) is 13.3. The third kappa shape index (κ3) is 6.48. The molecule has 0 saturated carbocycles. The summed E-state index contributed by atoms with van der Waals surface area (Å²) in [6.45, 7) is -0.374. The fourth-order valence-corrected chi connectivity index (χ4v) is 2.77. The molecule has 0 fully saturated rings. The van der Waals surface area contributed by atoms with Crippen LogP contribution < -0.4 is 0 Å². The number of hydrogen-bond acceptors (Lipinski definition) is 3. The number of nitriles is 1. The molecule has 3 nitrogen and oxygen atoms in total. The quantitative estimate of drug-likeness (QED) is 0.446. The van der Waals surface area contributed by atoms with Gasteiger partial charge in [0.15, 0.2) is 0 Å². The second-order valence-corrected chi connectivity index (χ2v) is 6.43. The summed E-state index contributed by atoms with van der Waals surface area (Å²) < 4.78 is 83.2. The van der Waals surface area contributed by atoms with Gasteiger partial charge in [0, 0.05) is 0 Å². The van der Waals surface area contributed by atoms with Crippen molar-refractivity contribution >= 4 is 0 Å². The Morgan fingerprint density at radius 1 is 0.966 bits per heavy atom. The molecule has 1 atom stereocenters. The average Bonchev–Trinajstić information content (AvgIpc) is 2.64. The Kier molecular flexibility index (Phi) is 7.27. The maximum Gasteiger partial charge on any atom is 0.416 e. The highest BCUT2D eigenvalue weighted by atomic mass is 19.4. The molecule has 0 aliphatic rings. The van der Waals surface area contributed by atoms with Crippen molar-refractivity contribution < 1.29 is 31.1 Å². The topological polar surface area (TPSA) is 36.3 Å². The molecule has 2 rings (SSSR count). The molecular weight excluding hydrogens is 398 g/mol. The first kappa shape index (κ1) is 22.7. The SMILES string of the molecule is CN(CC#N)[C@@H](COCc1cc(C(F)(F)F)cc(C(F)(F)F)c1)c1ccccc1. The Balaban J connectivity index is 2.20. The van der Waals surface area contributed by atoms with E-state index >= 15 is 0 Å². The molecule has 29 heavy (non-hydrogen) atoms. The number of halogens is 6. The summed E-state index contributed by atoms with van der Waals surface area (Å²) in [4.78, 5) is 1.68. The molecule has 0 aromatic heterocycles. The number of benzene rings is 2. The largest absolute Gasteiger partial charge is 0.416 e. The minimum atomic E-state index is -4.91. The number of ether oxygens (including phenoxy) is 1. The lowest BCUT2D eigenvalue weighted by Crippen LogP contribution is -2.28. The lowest BCUT2D eigenvalue weighted by Gasteiger charge is -2.26. The van der Waals surface area contributed by atoms with Gasteiger partial charge in [-0.3, -0.25) is 4.90 Å². The summed E-state index contributed by atoms with van der Waals surface area (Å²) in [5.74, 6) is 0. The summed E-state index contributed by atoms with van der Waals surface area (Å²) in [5.41, 5.74) is -2.19. The molecule has 0 radical (unpaired) electrons. The van der Waals surface area contributed by atoms with Gasteiger partial charge in [0.25, 0.3) is 0 Å². The van der Waals surface area contributed by atoms with E-state index in [1.54, 1.807) is 42.3 Å². The highest BCUT2D eigenvalue weighted by Crippen LogP contribution is 2.36. The minimum absolute atomic E-state index is 0.0141. The second kappa shape index (κ2) is 9.29. The third-order valence-electron chi connectivity index (χ3n) is 4.23. The molecular formula is C20H18F6N2O. The summed E-state index contributed by atoms with van der Waals surface area (Å²) in [7, 11) is 1.68. The van der Waals surface area contributed by atoms with Gasteiger partial charge >= 0.3 is 12.4 Å². The summed E-state index contributed by atoms with van der Waals surface area (Å²) in [6, 6.07) is 11.9. The van der Waals surface area contributed by atoms with Crippen molar-refractivity contribution in [3.8, 4) is 6.07 Å². The first-order valence-electron chi connectivity index (χ1n) is 8.50. The van der Waals surface area contributed by atoms with Crippen molar-refractivity contribution in [3.05, 3.63) is 70.8 Å². The Morgan fingerprint density at radius 3 is 2.00 bits per heavy atom. The van der Waals surface area contributed by atoms with E-state index in [9.17, 15) is 26.3 Å². The Bertz CT molecular complexity index is 811. The van der Waals surface area contributed by atoms with Crippen LogP contribution in [0.1, 0.15) is 28.3 Å². The van der Waals surface area contributed by atoms with Gasteiger partial charge in [-0.15, -0.1) is 0 Å².